The van der Waals surface area contributed by atoms with Crippen LogP contribution in [0.15, 0.2) is 53.4 Å². The molecule has 0 radical (unpaired) electrons. The van der Waals surface area contributed by atoms with Crippen LogP contribution in [0.1, 0.15) is 51.2 Å². The van der Waals surface area contributed by atoms with E-state index < -0.39 is 6.04 Å². The Morgan fingerprint density at radius 1 is 1.06 bits per heavy atom. The molecule has 0 fully saturated rings. The number of aryl methyl sites for hydroxylation is 1. The molecule has 168 valence electrons. The van der Waals surface area contributed by atoms with Crippen LogP contribution >= 0.6 is 23.4 Å². The van der Waals surface area contributed by atoms with E-state index in [1.807, 2.05) is 76.2 Å². The van der Waals surface area contributed by atoms with Gasteiger partial charge >= 0.3 is 0 Å². The molecule has 2 rings (SSSR count). The first-order valence-corrected chi connectivity index (χ1v) is 12.2. The van der Waals surface area contributed by atoms with Crippen molar-refractivity contribution in [2.24, 2.45) is 0 Å². The molecule has 0 aliphatic heterocycles. The summed E-state index contributed by atoms with van der Waals surface area (Å²) < 4.78 is 0. The second kappa shape index (κ2) is 12.8. The molecule has 31 heavy (non-hydrogen) atoms. The van der Waals surface area contributed by atoms with Crippen molar-refractivity contribution in [1.82, 2.24) is 10.2 Å². The van der Waals surface area contributed by atoms with E-state index in [1.165, 1.54) is 5.56 Å². The summed E-state index contributed by atoms with van der Waals surface area (Å²) in [5.74, 6) is 0.730. The van der Waals surface area contributed by atoms with Crippen LogP contribution in [0.4, 0.5) is 0 Å². The van der Waals surface area contributed by atoms with Crippen LogP contribution in [0.5, 0.6) is 0 Å². The molecule has 0 spiro atoms. The van der Waals surface area contributed by atoms with E-state index in [9.17, 15) is 9.59 Å². The molecule has 0 aliphatic rings. The molecule has 2 aromatic rings. The molecule has 0 aliphatic carbocycles. The van der Waals surface area contributed by atoms with E-state index in [1.54, 1.807) is 16.7 Å². The predicted molar refractivity (Wildman–Crippen MR) is 130 cm³/mol. The lowest BCUT2D eigenvalue weighted by Gasteiger charge is -2.30. The molecular formula is C25H33ClN2O2S. The van der Waals surface area contributed by atoms with Crippen molar-refractivity contribution in [2.45, 2.75) is 70.5 Å². The fraction of sp³-hybridized carbons (Fsp3) is 0.440. The number of nitrogens with zero attached hydrogens (tertiary/aromatic N) is 1. The first-order valence-electron chi connectivity index (χ1n) is 10.8. The number of hydrogen-bond acceptors (Lipinski definition) is 3. The third kappa shape index (κ3) is 8.58. The minimum atomic E-state index is -0.522. The number of benzene rings is 2. The normalized spacial score (nSPS) is 12.8. The molecule has 0 saturated heterocycles. The Balaban J connectivity index is 1.99. The van der Waals surface area contributed by atoms with Crippen molar-refractivity contribution >= 4 is 35.2 Å². The van der Waals surface area contributed by atoms with Gasteiger partial charge in [-0.1, -0.05) is 48.4 Å². The van der Waals surface area contributed by atoms with E-state index in [-0.39, 0.29) is 17.9 Å². The highest BCUT2D eigenvalue weighted by Crippen LogP contribution is 2.22. The lowest BCUT2D eigenvalue weighted by Crippen LogP contribution is -2.49. The number of carbonyl (C=O) groups is 2. The van der Waals surface area contributed by atoms with Gasteiger partial charge in [-0.3, -0.25) is 9.59 Å². The third-order valence-corrected chi connectivity index (χ3v) is 6.61. The van der Waals surface area contributed by atoms with Gasteiger partial charge in [-0.15, -0.1) is 11.8 Å². The highest BCUT2D eigenvalue weighted by molar-refractivity contribution is 7.99. The van der Waals surface area contributed by atoms with Crippen LogP contribution < -0.4 is 5.32 Å². The van der Waals surface area contributed by atoms with Crippen LogP contribution in [-0.2, 0) is 16.1 Å². The summed E-state index contributed by atoms with van der Waals surface area (Å²) in [6.45, 7) is 8.28. The van der Waals surface area contributed by atoms with E-state index in [0.29, 0.717) is 13.0 Å². The Bertz CT molecular complexity index is 840. The topological polar surface area (TPSA) is 49.4 Å². The standard InChI is InChI=1S/C25H33ClN2O2S/c1-5-19(3)27-25(30)20(4)28(17-21-10-8-18(2)9-11-21)24(29)7-6-16-31-23-14-12-22(26)13-15-23/h8-15,19-20H,5-7,16-17H2,1-4H3,(H,27,30)/t19-,20+/m0/s1. The summed E-state index contributed by atoms with van der Waals surface area (Å²) in [5.41, 5.74) is 2.20. The smallest absolute Gasteiger partial charge is 0.242 e. The zero-order chi connectivity index (χ0) is 22.8. The van der Waals surface area contributed by atoms with Crippen molar-refractivity contribution < 1.29 is 9.59 Å². The average molecular weight is 461 g/mol. The Morgan fingerprint density at radius 2 is 1.71 bits per heavy atom. The molecule has 0 bridgehead atoms. The van der Waals surface area contributed by atoms with Crippen LogP contribution in [0.2, 0.25) is 5.02 Å². The minimum Gasteiger partial charge on any atom is -0.352 e. The average Bonchev–Trinajstić information content (AvgIpc) is 2.76. The van der Waals surface area contributed by atoms with Gasteiger partial charge < -0.3 is 10.2 Å². The fourth-order valence-corrected chi connectivity index (χ4v) is 4.01. The Kier molecular flexibility index (Phi) is 10.4. The molecule has 2 aromatic carbocycles. The van der Waals surface area contributed by atoms with E-state index >= 15 is 0 Å². The first kappa shape index (κ1) is 25.3. The number of halogens is 1. The number of nitrogens with one attached hydrogen (secondary N) is 1. The van der Waals surface area contributed by atoms with Gasteiger partial charge in [-0.05, 0) is 69.2 Å². The summed E-state index contributed by atoms with van der Waals surface area (Å²) in [6, 6.07) is 15.4. The summed E-state index contributed by atoms with van der Waals surface area (Å²) >= 11 is 7.63. The number of rotatable bonds is 11. The van der Waals surface area contributed by atoms with Gasteiger partial charge in [0.2, 0.25) is 11.8 Å². The quantitative estimate of drug-likeness (QED) is 0.338. The lowest BCUT2D eigenvalue weighted by atomic mass is 10.1. The monoisotopic (exact) mass is 460 g/mol. The van der Waals surface area contributed by atoms with Gasteiger partial charge in [-0.2, -0.15) is 0 Å². The van der Waals surface area contributed by atoms with E-state index in [0.717, 1.165) is 34.1 Å². The zero-order valence-corrected chi connectivity index (χ0v) is 20.4. The maximum absolute atomic E-state index is 13.1. The molecule has 1 N–H and O–H groups in total. The Morgan fingerprint density at radius 3 is 2.32 bits per heavy atom. The second-order valence-electron chi connectivity index (χ2n) is 7.91. The maximum atomic E-state index is 13.1. The molecule has 2 amide bonds. The molecule has 0 aromatic heterocycles. The lowest BCUT2D eigenvalue weighted by molar-refractivity contribution is -0.140. The van der Waals surface area contributed by atoms with Crippen LogP contribution in [0, 0.1) is 6.92 Å². The SMILES string of the molecule is CC[C@H](C)NC(=O)[C@@H](C)N(Cc1ccc(C)cc1)C(=O)CCCSc1ccc(Cl)cc1. The predicted octanol–water partition coefficient (Wildman–Crippen LogP) is 5.85. The molecule has 0 unspecified atom stereocenters. The van der Waals surface area contributed by atoms with E-state index in [2.05, 4.69) is 5.32 Å². The maximum Gasteiger partial charge on any atom is 0.242 e. The summed E-state index contributed by atoms with van der Waals surface area (Å²) in [5, 5.41) is 3.72. The molecule has 2 atom stereocenters. The molecular weight excluding hydrogens is 428 g/mol. The van der Waals surface area contributed by atoms with Gasteiger partial charge in [-0.25, -0.2) is 0 Å². The minimum absolute atomic E-state index is 0.00378. The summed E-state index contributed by atoms with van der Waals surface area (Å²) in [6.07, 6.45) is 2.01. The van der Waals surface area contributed by atoms with Crippen molar-refractivity contribution in [2.75, 3.05) is 5.75 Å². The summed E-state index contributed by atoms with van der Waals surface area (Å²) in [7, 11) is 0. The summed E-state index contributed by atoms with van der Waals surface area (Å²) in [4.78, 5) is 28.7. The van der Waals surface area contributed by atoms with E-state index in [4.69, 9.17) is 11.6 Å². The Labute approximate surface area is 195 Å². The first-order chi connectivity index (χ1) is 14.8. The molecule has 0 heterocycles. The van der Waals surface area contributed by atoms with Crippen LogP contribution in [0.3, 0.4) is 0 Å². The van der Waals surface area contributed by atoms with Crippen LogP contribution in [0.25, 0.3) is 0 Å². The molecule has 4 nitrogen and oxygen atoms in total. The van der Waals surface area contributed by atoms with Crippen molar-refractivity contribution in [1.29, 1.82) is 0 Å². The van der Waals surface area contributed by atoms with Gasteiger partial charge in [0.15, 0.2) is 0 Å². The highest BCUT2D eigenvalue weighted by atomic mass is 35.5. The van der Waals surface area contributed by atoms with Crippen LogP contribution in [-0.4, -0.2) is 34.6 Å². The van der Waals surface area contributed by atoms with Gasteiger partial charge in [0.25, 0.3) is 0 Å². The molecule has 0 saturated carbocycles. The number of hydrogen-bond donors (Lipinski definition) is 1. The fourth-order valence-electron chi connectivity index (χ4n) is 3.03. The molecule has 6 heteroatoms. The number of carbonyl (C=O) groups excluding carboxylic acids is 2. The Hall–Kier alpha value is -1.98. The second-order valence-corrected chi connectivity index (χ2v) is 9.51. The van der Waals surface area contributed by atoms with Gasteiger partial charge in [0.05, 0.1) is 0 Å². The van der Waals surface area contributed by atoms with Gasteiger partial charge in [0, 0.05) is 28.9 Å². The zero-order valence-electron chi connectivity index (χ0n) is 18.9. The largest absolute Gasteiger partial charge is 0.352 e. The van der Waals surface area contributed by atoms with Crippen molar-refractivity contribution in [3.05, 3.63) is 64.7 Å². The van der Waals surface area contributed by atoms with Crippen molar-refractivity contribution in [3.8, 4) is 0 Å². The van der Waals surface area contributed by atoms with Crippen molar-refractivity contribution in [3.63, 3.8) is 0 Å². The number of thioether (sulfide) groups is 1. The third-order valence-electron chi connectivity index (χ3n) is 5.26. The highest BCUT2D eigenvalue weighted by Gasteiger charge is 2.26. The number of amides is 2. The van der Waals surface area contributed by atoms with Gasteiger partial charge in [0.1, 0.15) is 6.04 Å².